The Morgan fingerprint density at radius 2 is 2.00 bits per heavy atom. The molecule has 3 nitrogen and oxygen atoms in total. The van der Waals surface area contributed by atoms with Crippen molar-refractivity contribution >= 4 is 16.3 Å². The molecule has 0 spiro atoms. The first kappa shape index (κ1) is 8.96. The van der Waals surface area contributed by atoms with Crippen molar-refractivity contribution in [1.29, 1.82) is 0 Å². The molecule has 0 atom stereocenters. The lowest BCUT2D eigenvalue weighted by atomic mass is 10.1. The zero-order valence-electron chi connectivity index (χ0n) is 6.41. The number of carbonyl (C=O) groups excluding carboxylic acids is 1. The van der Waals surface area contributed by atoms with E-state index in [1.807, 2.05) is 0 Å². The van der Waals surface area contributed by atoms with Gasteiger partial charge in [0.05, 0.1) is 6.54 Å². The molecule has 0 saturated carbocycles. The van der Waals surface area contributed by atoms with Crippen LogP contribution in [0.5, 0.6) is 5.75 Å². The molecule has 0 heterocycles. The van der Waals surface area contributed by atoms with E-state index in [2.05, 4.69) is 10.5 Å². The monoisotopic (exact) mass is 178 g/mol. The number of rotatable bonds is 3. The lowest BCUT2D eigenvalue weighted by Crippen LogP contribution is -2.13. The first-order chi connectivity index (χ1) is 5.77. The molecule has 1 rings (SSSR count). The number of ketones is 1. The number of hydrogen-bond acceptors (Lipinski definition) is 3. The van der Waals surface area contributed by atoms with E-state index in [1.54, 1.807) is 24.3 Å². The number of hydrogen-bond donors (Lipinski definition) is 1. The van der Waals surface area contributed by atoms with E-state index in [1.165, 1.54) is 0 Å². The molecule has 4 heteroatoms. The van der Waals surface area contributed by atoms with Crippen LogP contribution >= 0.6 is 0 Å². The van der Waals surface area contributed by atoms with Crippen molar-refractivity contribution in [2.24, 2.45) is 5.73 Å². The highest BCUT2D eigenvalue weighted by Crippen LogP contribution is 2.10. The van der Waals surface area contributed by atoms with Crippen LogP contribution in [0.2, 0.25) is 0 Å². The first-order valence-electron chi connectivity index (χ1n) is 3.45. The fraction of sp³-hybridized carbons (Fsp3) is 0.125. The van der Waals surface area contributed by atoms with Gasteiger partial charge in [-0.3, -0.25) is 4.79 Å². The fourth-order valence-corrected chi connectivity index (χ4v) is 0.963. The largest absolute Gasteiger partial charge is 0.540 e. The van der Waals surface area contributed by atoms with E-state index >= 15 is 0 Å². The fourth-order valence-electron chi connectivity index (χ4n) is 0.827. The zero-order chi connectivity index (χ0) is 8.97. The van der Waals surface area contributed by atoms with Gasteiger partial charge in [-0.15, -0.1) is 0 Å². The van der Waals surface area contributed by atoms with Crippen molar-refractivity contribution in [3.63, 3.8) is 0 Å². The van der Waals surface area contributed by atoms with Crippen molar-refractivity contribution < 1.29 is 9.22 Å². The lowest BCUT2D eigenvalue weighted by molar-refractivity contribution is 0.100. The third kappa shape index (κ3) is 1.93. The van der Waals surface area contributed by atoms with Gasteiger partial charge in [0.25, 0.3) is 0 Å². The number of carbonyl (C=O) groups is 1. The minimum absolute atomic E-state index is 0.0358. The van der Waals surface area contributed by atoms with E-state index in [9.17, 15) is 4.79 Å². The molecular formula is C8H8NO2Si. The maximum Gasteiger partial charge on any atom is 0.341 e. The molecule has 0 amide bonds. The van der Waals surface area contributed by atoms with Crippen molar-refractivity contribution in [2.45, 2.75) is 0 Å². The Morgan fingerprint density at radius 3 is 2.42 bits per heavy atom. The Morgan fingerprint density at radius 1 is 1.42 bits per heavy atom. The first-order valence-corrected chi connectivity index (χ1v) is 3.85. The van der Waals surface area contributed by atoms with E-state index in [4.69, 9.17) is 10.2 Å². The maximum absolute atomic E-state index is 11.0. The van der Waals surface area contributed by atoms with Crippen LogP contribution in [0.4, 0.5) is 0 Å². The molecule has 0 saturated heterocycles. The van der Waals surface area contributed by atoms with Gasteiger partial charge in [0.1, 0.15) is 5.75 Å². The molecular weight excluding hydrogens is 170 g/mol. The number of benzene rings is 1. The molecule has 0 unspecified atom stereocenters. The van der Waals surface area contributed by atoms with Crippen LogP contribution in [0.15, 0.2) is 24.3 Å². The van der Waals surface area contributed by atoms with Crippen molar-refractivity contribution in [2.75, 3.05) is 6.54 Å². The molecule has 1 aromatic carbocycles. The highest BCUT2D eigenvalue weighted by molar-refractivity contribution is 6.00. The van der Waals surface area contributed by atoms with Gasteiger partial charge in [0, 0.05) is 5.56 Å². The summed E-state index contributed by atoms with van der Waals surface area (Å²) in [6, 6.07) is 6.72. The van der Waals surface area contributed by atoms with Crippen molar-refractivity contribution in [3.8, 4) is 5.75 Å². The average molecular weight is 178 g/mol. The second-order valence-corrected chi connectivity index (χ2v) is 2.46. The highest BCUT2D eigenvalue weighted by Gasteiger charge is 2.01. The Kier molecular flexibility index (Phi) is 3.01. The van der Waals surface area contributed by atoms with E-state index in [-0.39, 0.29) is 12.3 Å². The summed E-state index contributed by atoms with van der Waals surface area (Å²) in [4.78, 5) is 11.0. The molecule has 0 aliphatic carbocycles. The number of Topliss-reactive ketones (excluding diaryl/α,β-unsaturated/α-hetero) is 1. The molecule has 0 bridgehead atoms. The summed E-state index contributed by atoms with van der Waals surface area (Å²) in [7, 11) is 2.87. The number of nitrogens with two attached hydrogens (primary N) is 1. The summed E-state index contributed by atoms with van der Waals surface area (Å²) in [5.74, 6) is 0.579. The lowest BCUT2D eigenvalue weighted by Gasteiger charge is -2.00. The summed E-state index contributed by atoms with van der Waals surface area (Å²) in [6.45, 7) is 0.0358. The Bertz CT molecular complexity index is 271. The zero-order valence-corrected chi connectivity index (χ0v) is 7.41. The second-order valence-electron chi connectivity index (χ2n) is 2.25. The average Bonchev–Trinajstić information content (AvgIpc) is 2.17. The maximum atomic E-state index is 11.0. The molecule has 0 fully saturated rings. The van der Waals surface area contributed by atoms with Gasteiger partial charge in [-0.2, -0.15) is 0 Å². The summed E-state index contributed by atoms with van der Waals surface area (Å²) in [5, 5.41) is 0. The summed E-state index contributed by atoms with van der Waals surface area (Å²) in [6.07, 6.45) is 0. The Hall–Kier alpha value is -1.13. The van der Waals surface area contributed by atoms with Crippen LogP contribution in [0, 0.1) is 0 Å². The van der Waals surface area contributed by atoms with Gasteiger partial charge in [-0.1, -0.05) is 0 Å². The van der Waals surface area contributed by atoms with Gasteiger partial charge in [0.2, 0.25) is 0 Å². The third-order valence-electron chi connectivity index (χ3n) is 1.48. The molecule has 0 aliphatic heterocycles. The topological polar surface area (TPSA) is 52.3 Å². The normalized spacial score (nSPS) is 9.50. The van der Waals surface area contributed by atoms with Crippen molar-refractivity contribution in [1.82, 2.24) is 0 Å². The van der Waals surface area contributed by atoms with Gasteiger partial charge < -0.3 is 10.2 Å². The molecule has 0 aliphatic rings. The third-order valence-corrected chi connectivity index (χ3v) is 1.72. The van der Waals surface area contributed by atoms with Crippen LogP contribution in [-0.2, 0) is 0 Å². The Balaban J connectivity index is 2.84. The Labute approximate surface area is 74.1 Å². The van der Waals surface area contributed by atoms with Crippen molar-refractivity contribution in [3.05, 3.63) is 29.8 Å². The summed E-state index contributed by atoms with van der Waals surface area (Å²) < 4.78 is 4.75. The molecule has 0 aromatic heterocycles. The predicted octanol–water partition coefficient (Wildman–Crippen LogP) is 0.290. The van der Waals surface area contributed by atoms with Gasteiger partial charge >= 0.3 is 10.5 Å². The molecule has 2 N–H and O–H groups in total. The minimum atomic E-state index is -0.0736. The van der Waals surface area contributed by atoms with Crippen LogP contribution in [0.3, 0.4) is 0 Å². The molecule has 61 valence electrons. The highest BCUT2D eigenvalue weighted by atomic mass is 28.2. The minimum Gasteiger partial charge on any atom is -0.540 e. The van der Waals surface area contributed by atoms with E-state index in [0.29, 0.717) is 11.3 Å². The second kappa shape index (κ2) is 4.03. The van der Waals surface area contributed by atoms with Gasteiger partial charge in [0.15, 0.2) is 5.78 Å². The van der Waals surface area contributed by atoms with Gasteiger partial charge in [-0.05, 0) is 24.3 Å². The SMILES string of the molecule is NCC(=O)c1ccc(O[Si])cc1. The summed E-state index contributed by atoms with van der Waals surface area (Å²) in [5.41, 5.74) is 5.79. The van der Waals surface area contributed by atoms with Gasteiger partial charge in [-0.25, -0.2) is 0 Å². The predicted molar refractivity (Wildman–Crippen MR) is 46.2 cm³/mol. The quantitative estimate of drug-likeness (QED) is 0.534. The van der Waals surface area contributed by atoms with E-state index < -0.39 is 0 Å². The van der Waals surface area contributed by atoms with Crippen LogP contribution < -0.4 is 10.2 Å². The van der Waals surface area contributed by atoms with E-state index in [0.717, 1.165) is 0 Å². The smallest absolute Gasteiger partial charge is 0.341 e. The summed E-state index contributed by atoms with van der Waals surface area (Å²) >= 11 is 0. The standard InChI is InChI=1S/C8H8NO2Si/c9-5-8(10)6-1-3-7(11-12)4-2-6/h1-4H,5,9H2. The molecule has 3 radical (unpaired) electrons. The molecule has 1 aromatic rings. The van der Waals surface area contributed by atoms with Crippen LogP contribution in [-0.4, -0.2) is 22.8 Å². The molecule has 12 heavy (non-hydrogen) atoms. The van der Waals surface area contributed by atoms with Crippen LogP contribution in [0.25, 0.3) is 0 Å². The van der Waals surface area contributed by atoms with Crippen LogP contribution in [0.1, 0.15) is 10.4 Å².